The molecule has 0 spiro atoms. The normalized spacial score (nSPS) is 10.3. The van der Waals surface area contributed by atoms with Gasteiger partial charge in [-0.3, -0.25) is 0 Å². The number of rotatable bonds is 3. The van der Waals surface area contributed by atoms with E-state index >= 15 is 0 Å². The molecular weight excluding hydrogens is 271 g/mol. The van der Waals surface area contributed by atoms with Crippen molar-refractivity contribution in [2.45, 2.75) is 0 Å². The van der Waals surface area contributed by atoms with E-state index in [-0.39, 0.29) is 5.56 Å². The van der Waals surface area contributed by atoms with Crippen LogP contribution in [-0.4, -0.2) is 18.2 Å². The van der Waals surface area contributed by atoms with Crippen molar-refractivity contribution in [3.63, 3.8) is 0 Å². The molecule has 1 N–H and O–H groups in total. The minimum absolute atomic E-state index is 0.371. The van der Waals surface area contributed by atoms with Gasteiger partial charge < -0.3 is 9.84 Å². The first-order valence-electron chi connectivity index (χ1n) is 5.39. The molecule has 0 saturated carbocycles. The fourth-order valence-corrected chi connectivity index (χ4v) is 1.93. The summed E-state index contributed by atoms with van der Waals surface area (Å²) >= 11 is 5.90. The largest absolute Gasteiger partial charge is 0.496 e. The highest BCUT2D eigenvalue weighted by Crippen LogP contribution is 2.33. The second-order valence-electron chi connectivity index (χ2n) is 3.84. The Morgan fingerprint density at radius 1 is 1.26 bits per heavy atom. The van der Waals surface area contributed by atoms with Gasteiger partial charge in [-0.05, 0) is 35.9 Å². The van der Waals surface area contributed by atoms with Crippen molar-refractivity contribution in [3.8, 4) is 16.9 Å². The van der Waals surface area contributed by atoms with E-state index < -0.39 is 11.8 Å². The smallest absolute Gasteiger partial charge is 0.338 e. The summed E-state index contributed by atoms with van der Waals surface area (Å²) in [6, 6.07) is 8.84. The van der Waals surface area contributed by atoms with Crippen molar-refractivity contribution >= 4 is 17.6 Å². The molecule has 19 heavy (non-hydrogen) atoms. The standard InChI is InChI=1S/C14H10ClFO3/c1-19-13-5-3-9(15)7-11(13)8-2-4-10(14(17)18)12(16)6-8/h2-7H,1H3,(H,17,18). The van der Waals surface area contributed by atoms with Crippen LogP contribution in [0.3, 0.4) is 0 Å². The van der Waals surface area contributed by atoms with Gasteiger partial charge >= 0.3 is 5.97 Å². The molecule has 3 nitrogen and oxygen atoms in total. The van der Waals surface area contributed by atoms with Crippen LogP contribution >= 0.6 is 11.6 Å². The zero-order valence-electron chi connectivity index (χ0n) is 9.98. The van der Waals surface area contributed by atoms with Crippen molar-refractivity contribution in [3.05, 3.63) is 52.8 Å². The molecule has 0 atom stereocenters. The maximum absolute atomic E-state index is 13.7. The first kappa shape index (κ1) is 13.4. The number of halogens is 2. The monoisotopic (exact) mass is 280 g/mol. The molecule has 0 fully saturated rings. The molecule has 2 rings (SSSR count). The second kappa shape index (κ2) is 5.28. The van der Waals surface area contributed by atoms with E-state index in [9.17, 15) is 9.18 Å². The van der Waals surface area contributed by atoms with Crippen molar-refractivity contribution in [2.24, 2.45) is 0 Å². The van der Waals surface area contributed by atoms with Crippen molar-refractivity contribution in [1.82, 2.24) is 0 Å². The number of methoxy groups -OCH3 is 1. The van der Waals surface area contributed by atoms with Crippen LogP contribution in [0.5, 0.6) is 5.75 Å². The van der Waals surface area contributed by atoms with Crippen LogP contribution in [-0.2, 0) is 0 Å². The summed E-state index contributed by atoms with van der Waals surface area (Å²) in [7, 11) is 1.49. The highest BCUT2D eigenvalue weighted by Gasteiger charge is 2.13. The summed E-state index contributed by atoms with van der Waals surface area (Å²) in [6.07, 6.45) is 0. The predicted octanol–water partition coefficient (Wildman–Crippen LogP) is 3.85. The van der Waals surface area contributed by atoms with Gasteiger partial charge in [0.2, 0.25) is 0 Å². The molecule has 0 aromatic heterocycles. The highest BCUT2D eigenvalue weighted by molar-refractivity contribution is 6.31. The van der Waals surface area contributed by atoms with Crippen LogP contribution in [0.4, 0.5) is 4.39 Å². The molecule has 0 saturated heterocycles. The first-order chi connectivity index (χ1) is 9.02. The Morgan fingerprint density at radius 3 is 2.58 bits per heavy atom. The van der Waals surface area contributed by atoms with Crippen LogP contribution < -0.4 is 4.74 Å². The van der Waals surface area contributed by atoms with E-state index in [0.29, 0.717) is 21.9 Å². The minimum Gasteiger partial charge on any atom is -0.496 e. The predicted molar refractivity (Wildman–Crippen MR) is 70.4 cm³/mol. The summed E-state index contributed by atoms with van der Waals surface area (Å²) < 4.78 is 18.8. The molecule has 2 aromatic rings. The van der Waals surface area contributed by atoms with Gasteiger partial charge in [0.1, 0.15) is 11.6 Å². The lowest BCUT2D eigenvalue weighted by Crippen LogP contribution is -2.00. The summed E-state index contributed by atoms with van der Waals surface area (Å²) in [6.45, 7) is 0. The zero-order chi connectivity index (χ0) is 14.0. The number of carboxylic acid groups (broad SMARTS) is 1. The average molecular weight is 281 g/mol. The molecular formula is C14H10ClFO3. The number of aromatic carboxylic acids is 1. The topological polar surface area (TPSA) is 46.5 Å². The van der Waals surface area contributed by atoms with Gasteiger partial charge in [-0.15, -0.1) is 0 Å². The van der Waals surface area contributed by atoms with E-state index in [0.717, 1.165) is 6.07 Å². The van der Waals surface area contributed by atoms with E-state index in [1.54, 1.807) is 18.2 Å². The van der Waals surface area contributed by atoms with Gasteiger partial charge in [-0.1, -0.05) is 17.7 Å². The molecule has 2 aromatic carbocycles. The van der Waals surface area contributed by atoms with Crippen LogP contribution in [0.2, 0.25) is 5.02 Å². The van der Waals surface area contributed by atoms with Gasteiger partial charge in [0.15, 0.2) is 0 Å². The number of carboxylic acids is 1. The maximum atomic E-state index is 13.7. The van der Waals surface area contributed by atoms with Gasteiger partial charge in [-0.2, -0.15) is 0 Å². The highest BCUT2D eigenvalue weighted by atomic mass is 35.5. The number of carbonyl (C=O) groups is 1. The average Bonchev–Trinajstić information content (AvgIpc) is 2.38. The van der Waals surface area contributed by atoms with E-state index in [4.69, 9.17) is 21.4 Å². The van der Waals surface area contributed by atoms with Gasteiger partial charge in [0.25, 0.3) is 0 Å². The first-order valence-corrected chi connectivity index (χ1v) is 5.77. The third-order valence-corrected chi connectivity index (χ3v) is 2.91. The molecule has 0 aliphatic heterocycles. The zero-order valence-corrected chi connectivity index (χ0v) is 10.7. The summed E-state index contributed by atoms with van der Waals surface area (Å²) in [5.74, 6) is -1.57. The van der Waals surface area contributed by atoms with E-state index in [1.165, 1.54) is 19.2 Å². The Hall–Kier alpha value is -2.07. The fraction of sp³-hybridized carbons (Fsp3) is 0.0714. The summed E-state index contributed by atoms with van der Waals surface area (Å²) in [5, 5.41) is 9.27. The SMILES string of the molecule is COc1ccc(Cl)cc1-c1ccc(C(=O)O)c(F)c1. The number of ether oxygens (including phenoxy) is 1. The third kappa shape index (κ3) is 2.69. The lowest BCUT2D eigenvalue weighted by molar-refractivity contribution is 0.0692. The molecule has 98 valence electrons. The van der Waals surface area contributed by atoms with Crippen LogP contribution in [0, 0.1) is 5.82 Å². The van der Waals surface area contributed by atoms with E-state index in [2.05, 4.69) is 0 Å². The molecule has 5 heteroatoms. The molecule has 0 unspecified atom stereocenters. The number of hydrogen-bond donors (Lipinski definition) is 1. The molecule has 0 heterocycles. The second-order valence-corrected chi connectivity index (χ2v) is 4.28. The molecule has 0 bridgehead atoms. The van der Waals surface area contributed by atoms with Crippen molar-refractivity contribution in [2.75, 3.05) is 7.11 Å². The quantitative estimate of drug-likeness (QED) is 0.929. The Labute approximate surface area is 114 Å². The van der Waals surface area contributed by atoms with Crippen LogP contribution in [0.25, 0.3) is 11.1 Å². The maximum Gasteiger partial charge on any atom is 0.338 e. The lowest BCUT2D eigenvalue weighted by atomic mass is 10.0. The molecule has 0 aliphatic carbocycles. The van der Waals surface area contributed by atoms with Gasteiger partial charge in [0.05, 0.1) is 12.7 Å². The van der Waals surface area contributed by atoms with Gasteiger partial charge in [0, 0.05) is 10.6 Å². The van der Waals surface area contributed by atoms with Crippen molar-refractivity contribution < 1.29 is 19.0 Å². The van der Waals surface area contributed by atoms with Crippen LogP contribution in [0.15, 0.2) is 36.4 Å². The summed E-state index contributed by atoms with van der Waals surface area (Å²) in [5.41, 5.74) is 0.734. The fourth-order valence-electron chi connectivity index (χ4n) is 1.76. The Kier molecular flexibility index (Phi) is 3.71. The Balaban J connectivity index is 2.56. The van der Waals surface area contributed by atoms with Crippen LogP contribution in [0.1, 0.15) is 10.4 Å². The Morgan fingerprint density at radius 2 is 2.00 bits per heavy atom. The molecule has 0 aliphatic rings. The Bertz CT molecular complexity index is 641. The lowest BCUT2D eigenvalue weighted by Gasteiger charge is -2.10. The molecule has 0 radical (unpaired) electrons. The van der Waals surface area contributed by atoms with Crippen molar-refractivity contribution in [1.29, 1.82) is 0 Å². The third-order valence-electron chi connectivity index (χ3n) is 2.67. The molecule has 0 amide bonds. The van der Waals surface area contributed by atoms with E-state index in [1.807, 2.05) is 0 Å². The number of hydrogen-bond acceptors (Lipinski definition) is 2. The van der Waals surface area contributed by atoms with Gasteiger partial charge in [-0.25, -0.2) is 9.18 Å². The number of benzene rings is 2. The minimum atomic E-state index is -1.30. The summed E-state index contributed by atoms with van der Waals surface area (Å²) in [4.78, 5) is 10.8.